The second-order valence-corrected chi connectivity index (χ2v) is 13.7. The smallest absolute Gasteiger partial charge is 0.192 e. The third-order valence-electron chi connectivity index (χ3n) is 6.26. The van der Waals surface area contributed by atoms with Crippen molar-refractivity contribution in [1.29, 1.82) is 0 Å². The molecule has 0 aromatic rings. The minimum atomic E-state index is -1.59. The Morgan fingerprint density at radius 1 is 0.889 bits per heavy atom. The lowest BCUT2D eigenvalue weighted by Gasteiger charge is -2.59. The van der Waals surface area contributed by atoms with Crippen molar-refractivity contribution < 1.29 is 4.43 Å². The van der Waals surface area contributed by atoms with Crippen LogP contribution in [0.2, 0.25) is 18.1 Å². The van der Waals surface area contributed by atoms with Crippen molar-refractivity contribution in [3.8, 4) is 0 Å². The topological polar surface area (TPSA) is 9.23 Å². The van der Waals surface area contributed by atoms with Crippen molar-refractivity contribution in [1.82, 2.24) is 0 Å². The van der Waals surface area contributed by atoms with Gasteiger partial charge in [-0.15, -0.1) is 0 Å². The summed E-state index contributed by atoms with van der Waals surface area (Å²) >= 11 is 0. The number of rotatable bonds is 2. The molecule has 4 aliphatic carbocycles. The highest BCUT2D eigenvalue weighted by molar-refractivity contribution is 6.74. The quantitative estimate of drug-likeness (QED) is 0.641. The van der Waals surface area contributed by atoms with Crippen molar-refractivity contribution in [2.45, 2.75) is 83.0 Å². The van der Waals surface area contributed by atoms with E-state index < -0.39 is 8.32 Å². The van der Waals surface area contributed by atoms with Crippen molar-refractivity contribution in [2.24, 2.45) is 17.8 Å². The van der Waals surface area contributed by atoms with Crippen LogP contribution in [0.15, 0.2) is 0 Å². The Morgan fingerprint density at radius 3 is 1.61 bits per heavy atom. The zero-order chi connectivity index (χ0) is 13.2. The molecule has 0 saturated heterocycles. The summed E-state index contributed by atoms with van der Waals surface area (Å²) in [6.07, 6.45) is 8.68. The summed E-state index contributed by atoms with van der Waals surface area (Å²) in [5.41, 5.74) is 0.303. The summed E-state index contributed by atoms with van der Waals surface area (Å²) in [4.78, 5) is 0. The first-order valence-corrected chi connectivity index (χ1v) is 10.8. The standard InChI is InChI=1S/C16H30OSi/c1-15(2,3)18(4,5)17-16-9-12-6-13(10-16)8-14(7-12)11-16/h12-14H,6-11H2,1-5H3. The van der Waals surface area contributed by atoms with Crippen molar-refractivity contribution in [2.75, 3.05) is 0 Å². The van der Waals surface area contributed by atoms with E-state index in [1.165, 1.54) is 38.5 Å². The van der Waals surface area contributed by atoms with Crippen LogP contribution in [-0.2, 0) is 4.43 Å². The van der Waals surface area contributed by atoms with Gasteiger partial charge in [0.2, 0.25) is 0 Å². The molecule has 2 heteroatoms. The average molecular weight is 267 g/mol. The largest absolute Gasteiger partial charge is 0.411 e. The molecule has 0 spiro atoms. The first kappa shape index (κ1) is 13.2. The fourth-order valence-electron chi connectivity index (χ4n) is 4.85. The predicted octanol–water partition coefficient (Wildman–Crippen LogP) is 4.98. The summed E-state index contributed by atoms with van der Waals surface area (Å²) in [5, 5.41) is 0.357. The van der Waals surface area contributed by atoms with Gasteiger partial charge < -0.3 is 4.43 Å². The Balaban J connectivity index is 1.80. The first-order chi connectivity index (χ1) is 8.19. The minimum absolute atomic E-state index is 0.303. The fourth-order valence-corrected chi connectivity index (χ4v) is 6.49. The van der Waals surface area contributed by atoms with Crippen LogP contribution in [0.4, 0.5) is 0 Å². The van der Waals surface area contributed by atoms with Gasteiger partial charge in [-0.25, -0.2) is 0 Å². The zero-order valence-electron chi connectivity index (χ0n) is 12.9. The molecule has 0 N–H and O–H groups in total. The molecule has 0 aromatic carbocycles. The minimum Gasteiger partial charge on any atom is -0.411 e. The molecule has 0 unspecified atom stereocenters. The Labute approximate surface area is 114 Å². The van der Waals surface area contributed by atoms with Gasteiger partial charge in [0.15, 0.2) is 8.32 Å². The Bertz CT molecular complexity index is 304. The molecule has 4 saturated carbocycles. The molecule has 0 amide bonds. The van der Waals surface area contributed by atoms with E-state index in [4.69, 9.17) is 4.43 Å². The van der Waals surface area contributed by atoms with Gasteiger partial charge in [-0.2, -0.15) is 0 Å². The number of hydrogen-bond donors (Lipinski definition) is 0. The fraction of sp³-hybridized carbons (Fsp3) is 1.00. The third kappa shape index (κ3) is 2.09. The molecule has 0 aromatic heterocycles. The molecule has 104 valence electrons. The summed E-state index contributed by atoms with van der Waals surface area (Å²) < 4.78 is 6.94. The maximum Gasteiger partial charge on any atom is 0.192 e. The van der Waals surface area contributed by atoms with Gasteiger partial charge in [-0.05, 0) is 74.4 Å². The van der Waals surface area contributed by atoms with Crippen LogP contribution < -0.4 is 0 Å². The van der Waals surface area contributed by atoms with Crippen LogP contribution in [0.5, 0.6) is 0 Å². The van der Waals surface area contributed by atoms with E-state index in [-0.39, 0.29) is 0 Å². The Kier molecular flexibility index (Phi) is 2.82. The lowest BCUT2D eigenvalue weighted by molar-refractivity contribution is -0.114. The lowest BCUT2D eigenvalue weighted by Crippen LogP contribution is -2.58. The molecule has 4 aliphatic rings. The molecule has 1 nitrogen and oxygen atoms in total. The Morgan fingerprint density at radius 2 is 1.28 bits per heavy atom. The molecule has 0 radical (unpaired) electrons. The molecule has 4 bridgehead atoms. The molecule has 0 atom stereocenters. The van der Waals surface area contributed by atoms with Gasteiger partial charge in [0.1, 0.15) is 0 Å². The highest BCUT2D eigenvalue weighted by Crippen LogP contribution is 2.58. The van der Waals surface area contributed by atoms with Crippen LogP contribution >= 0.6 is 0 Å². The SMILES string of the molecule is CC(C)(C)[Si](C)(C)OC12CC3CC(CC(C3)C1)C2. The first-order valence-electron chi connectivity index (χ1n) is 7.89. The summed E-state index contributed by atoms with van der Waals surface area (Å²) in [5.74, 6) is 3.00. The molecule has 4 fully saturated rings. The maximum absolute atomic E-state index is 6.94. The normalized spacial score (nSPS) is 43.5. The monoisotopic (exact) mass is 266 g/mol. The van der Waals surface area contributed by atoms with Gasteiger partial charge in [-0.1, -0.05) is 20.8 Å². The van der Waals surface area contributed by atoms with E-state index in [1.807, 2.05) is 0 Å². The number of hydrogen-bond acceptors (Lipinski definition) is 1. The summed E-state index contributed by atoms with van der Waals surface area (Å²) in [7, 11) is -1.59. The van der Waals surface area contributed by atoms with E-state index in [2.05, 4.69) is 33.9 Å². The van der Waals surface area contributed by atoms with Crippen molar-refractivity contribution in [3.63, 3.8) is 0 Å². The summed E-state index contributed by atoms with van der Waals surface area (Å²) in [6.45, 7) is 12.0. The summed E-state index contributed by atoms with van der Waals surface area (Å²) in [6, 6.07) is 0. The van der Waals surface area contributed by atoms with Gasteiger partial charge in [0, 0.05) is 0 Å². The third-order valence-corrected chi connectivity index (χ3v) is 10.8. The van der Waals surface area contributed by atoms with Crippen LogP contribution in [0.25, 0.3) is 0 Å². The van der Waals surface area contributed by atoms with Gasteiger partial charge in [0.25, 0.3) is 0 Å². The van der Waals surface area contributed by atoms with E-state index in [0.717, 1.165) is 17.8 Å². The van der Waals surface area contributed by atoms with Crippen LogP contribution in [0.3, 0.4) is 0 Å². The Hall–Kier alpha value is 0.177. The van der Waals surface area contributed by atoms with E-state index in [9.17, 15) is 0 Å². The maximum atomic E-state index is 6.94. The van der Waals surface area contributed by atoms with Crippen LogP contribution in [0, 0.1) is 17.8 Å². The second-order valence-electron chi connectivity index (χ2n) is 8.96. The van der Waals surface area contributed by atoms with Crippen LogP contribution in [0.1, 0.15) is 59.3 Å². The molecule has 0 heterocycles. The van der Waals surface area contributed by atoms with Crippen molar-refractivity contribution >= 4 is 8.32 Å². The lowest BCUT2D eigenvalue weighted by atomic mass is 9.54. The second kappa shape index (κ2) is 3.85. The molecule has 4 rings (SSSR count). The molecule has 0 aliphatic heterocycles. The molecule has 18 heavy (non-hydrogen) atoms. The predicted molar refractivity (Wildman–Crippen MR) is 79.2 cm³/mol. The van der Waals surface area contributed by atoms with Gasteiger partial charge >= 0.3 is 0 Å². The molecular formula is C16H30OSi. The van der Waals surface area contributed by atoms with Crippen LogP contribution in [-0.4, -0.2) is 13.9 Å². The highest BCUT2D eigenvalue weighted by atomic mass is 28.4. The average Bonchev–Trinajstić information content (AvgIpc) is 2.10. The zero-order valence-corrected chi connectivity index (χ0v) is 13.9. The van der Waals surface area contributed by atoms with Gasteiger partial charge in [-0.3, -0.25) is 0 Å². The highest BCUT2D eigenvalue weighted by Gasteiger charge is 2.54. The molecular weight excluding hydrogens is 236 g/mol. The van der Waals surface area contributed by atoms with E-state index in [1.54, 1.807) is 0 Å². The van der Waals surface area contributed by atoms with Gasteiger partial charge in [0.05, 0.1) is 5.60 Å². The van der Waals surface area contributed by atoms with Crippen molar-refractivity contribution in [3.05, 3.63) is 0 Å². The van der Waals surface area contributed by atoms with E-state index in [0.29, 0.717) is 10.6 Å². The van der Waals surface area contributed by atoms with E-state index >= 15 is 0 Å².